The van der Waals surface area contributed by atoms with Crippen LogP contribution >= 0.6 is 11.3 Å². The Labute approximate surface area is 165 Å². The fraction of sp³-hybridized carbons (Fsp3) is 0.421. The Balaban J connectivity index is 1.95. The Morgan fingerprint density at radius 3 is 2.30 bits per heavy atom. The van der Waals surface area contributed by atoms with Gasteiger partial charge in [0, 0.05) is 18.8 Å². The molecule has 0 radical (unpaired) electrons. The van der Waals surface area contributed by atoms with Gasteiger partial charge in [-0.25, -0.2) is 8.42 Å². The van der Waals surface area contributed by atoms with Crippen molar-refractivity contribution < 1.29 is 18.1 Å². The first-order chi connectivity index (χ1) is 12.8. The average Bonchev–Trinajstić information content (AvgIpc) is 3.00. The van der Waals surface area contributed by atoms with Crippen LogP contribution in [0.3, 0.4) is 0 Å². The Hall–Kier alpha value is -1.74. The van der Waals surface area contributed by atoms with Gasteiger partial charge in [0.05, 0.1) is 16.8 Å². The Bertz CT molecular complexity index is 857. The second-order valence-corrected chi connectivity index (χ2v) is 9.44. The largest absolute Gasteiger partial charge is 0.325 e. The molecule has 0 saturated heterocycles. The standard InChI is InChI=1S/C19H27N3O3S2/c1-5-22(6-2)27(24,25)17-9-7-16(8-10-17)20-19(23)14-21(4)13-18-15(3)11-12-26-18/h7-12H,5-6,13-14H2,1-4H3,(H,20,23)/p+1. The highest BCUT2D eigenvalue weighted by Crippen LogP contribution is 2.18. The third-order valence-electron chi connectivity index (χ3n) is 4.37. The van der Waals surface area contributed by atoms with Gasteiger partial charge in [-0.3, -0.25) is 4.79 Å². The molecule has 27 heavy (non-hydrogen) atoms. The summed E-state index contributed by atoms with van der Waals surface area (Å²) in [6.07, 6.45) is 0. The highest BCUT2D eigenvalue weighted by atomic mass is 32.2. The van der Waals surface area contributed by atoms with Crippen molar-refractivity contribution >= 4 is 33.0 Å². The topological polar surface area (TPSA) is 70.9 Å². The molecule has 1 amide bonds. The third kappa shape index (κ3) is 5.62. The summed E-state index contributed by atoms with van der Waals surface area (Å²) in [5, 5.41) is 4.90. The molecule has 1 heterocycles. The van der Waals surface area contributed by atoms with Crippen molar-refractivity contribution in [1.82, 2.24) is 4.31 Å². The summed E-state index contributed by atoms with van der Waals surface area (Å²) < 4.78 is 26.4. The lowest BCUT2D eigenvalue weighted by atomic mass is 10.3. The van der Waals surface area contributed by atoms with Crippen LogP contribution in [0.1, 0.15) is 24.3 Å². The smallest absolute Gasteiger partial charge is 0.279 e. The molecule has 0 bridgehead atoms. The molecule has 0 aliphatic rings. The zero-order valence-corrected chi connectivity index (χ0v) is 17.9. The molecule has 2 rings (SSSR count). The van der Waals surface area contributed by atoms with E-state index in [9.17, 15) is 13.2 Å². The van der Waals surface area contributed by atoms with E-state index in [0.717, 1.165) is 11.4 Å². The van der Waals surface area contributed by atoms with Gasteiger partial charge in [-0.1, -0.05) is 13.8 Å². The van der Waals surface area contributed by atoms with E-state index in [1.165, 1.54) is 26.9 Å². The summed E-state index contributed by atoms with van der Waals surface area (Å²) in [6.45, 7) is 7.70. The number of sulfonamides is 1. The van der Waals surface area contributed by atoms with Gasteiger partial charge in [0.2, 0.25) is 10.0 Å². The molecular weight excluding hydrogens is 382 g/mol. The second kappa shape index (κ2) is 9.45. The molecule has 6 nitrogen and oxygen atoms in total. The molecule has 1 unspecified atom stereocenters. The minimum absolute atomic E-state index is 0.0962. The summed E-state index contributed by atoms with van der Waals surface area (Å²) in [7, 11) is -1.50. The predicted molar refractivity (Wildman–Crippen MR) is 110 cm³/mol. The number of anilines is 1. The van der Waals surface area contributed by atoms with Crippen molar-refractivity contribution in [1.29, 1.82) is 0 Å². The van der Waals surface area contributed by atoms with E-state index in [1.54, 1.807) is 23.5 Å². The number of likely N-dealkylation sites (N-methyl/N-ethyl adjacent to an activating group) is 1. The highest BCUT2D eigenvalue weighted by Gasteiger charge is 2.21. The van der Waals surface area contributed by atoms with Gasteiger partial charge < -0.3 is 10.2 Å². The van der Waals surface area contributed by atoms with Gasteiger partial charge >= 0.3 is 0 Å². The minimum Gasteiger partial charge on any atom is -0.325 e. The molecule has 0 aliphatic heterocycles. The number of thiophene rings is 1. The number of rotatable bonds is 9. The van der Waals surface area contributed by atoms with Crippen LogP contribution in [0.4, 0.5) is 5.69 Å². The highest BCUT2D eigenvalue weighted by molar-refractivity contribution is 7.89. The quantitative estimate of drug-likeness (QED) is 0.662. The molecule has 1 aromatic heterocycles. The number of carbonyl (C=O) groups is 1. The number of nitrogens with zero attached hydrogens (tertiary/aromatic N) is 1. The molecule has 0 saturated carbocycles. The van der Waals surface area contributed by atoms with Crippen LogP contribution in [0.5, 0.6) is 0 Å². The van der Waals surface area contributed by atoms with Gasteiger partial charge in [0.25, 0.3) is 5.91 Å². The first-order valence-corrected chi connectivity index (χ1v) is 11.3. The van der Waals surface area contributed by atoms with Crippen molar-refractivity contribution in [3.05, 3.63) is 46.2 Å². The van der Waals surface area contributed by atoms with E-state index >= 15 is 0 Å². The average molecular weight is 411 g/mol. The maximum atomic E-state index is 12.5. The van der Waals surface area contributed by atoms with Gasteiger partial charge in [-0.2, -0.15) is 4.31 Å². The van der Waals surface area contributed by atoms with E-state index in [1.807, 2.05) is 20.9 Å². The van der Waals surface area contributed by atoms with E-state index in [4.69, 9.17) is 0 Å². The van der Waals surface area contributed by atoms with E-state index in [-0.39, 0.29) is 10.8 Å². The predicted octanol–water partition coefficient (Wildman–Crippen LogP) is 1.74. The Kier molecular flexibility index (Phi) is 7.55. The van der Waals surface area contributed by atoms with E-state index in [2.05, 4.69) is 23.7 Å². The molecule has 1 atom stereocenters. The molecule has 0 spiro atoms. The number of quaternary nitrogens is 1. The van der Waals surface area contributed by atoms with Crippen LogP contribution in [-0.4, -0.2) is 45.3 Å². The Morgan fingerprint density at radius 1 is 1.15 bits per heavy atom. The molecular formula is C19H28N3O3S2+. The molecule has 0 fully saturated rings. The lowest BCUT2D eigenvalue weighted by Gasteiger charge is -2.18. The van der Waals surface area contributed by atoms with Crippen molar-refractivity contribution in [2.24, 2.45) is 0 Å². The fourth-order valence-corrected chi connectivity index (χ4v) is 5.30. The van der Waals surface area contributed by atoms with Crippen LogP contribution < -0.4 is 10.2 Å². The molecule has 0 aliphatic carbocycles. The summed E-state index contributed by atoms with van der Waals surface area (Å²) in [4.78, 5) is 14.9. The number of amides is 1. The summed E-state index contributed by atoms with van der Waals surface area (Å²) in [6, 6.07) is 8.42. The lowest BCUT2D eigenvalue weighted by Crippen LogP contribution is -3.08. The van der Waals surface area contributed by atoms with Crippen LogP contribution in [0.2, 0.25) is 0 Å². The summed E-state index contributed by atoms with van der Waals surface area (Å²) in [5.74, 6) is -0.0962. The first kappa shape index (κ1) is 21.6. The van der Waals surface area contributed by atoms with E-state index < -0.39 is 10.0 Å². The second-order valence-electron chi connectivity index (χ2n) is 6.50. The first-order valence-electron chi connectivity index (χ1n) is 9.02. The van der Waals surface area contributed by atoms with Gasteiger partial charge in [0.15, 0.2) is 6.54 Å². The number of nitrogens with one attached hydrogen (secondary N) is 2. The summed E-state index contributed by atoms with van der Waals surface area (Å²) >= 11 is 1.71. The van der Waals surface area contributed by atoms with Crippen molar-refractivity contribution in [3.63, 3.8) is 0 Å². The van der Waals surface area contributed by atoms with Crippen LogP contribution in [0.25, 0.3) is 0 Å². The van der Waals surface area contributed by atoms with E-state index in [0.29, 0.717) is 25.3 Å². The zero-order chi connectivity index (χ0) is 20.0. The molecule has 8 heteroatoms. The number of aryl methyl sites for hydroxylation is 1. The van der Waals surface area contributed by atoms with Crippen LogP contribution in [-0.2, 0) is 21.4 Å². The maximum Gasteiger partial charge on any atom is 0.279 e. The maximum absolute atomic E-state index is 12.5. The SMILES string of the molecule is CCN(CC)S(=O)(=O)c1ccc(NC(=O)C[NH+](C)Cc2sccc2C)cc1. The van der Waals surface area contributed by atoms with Crippen molar-refractivity contribution in [2.45, 2.75) is 32.2 Å². The Morgan fingerprint density at radius 2 is 1.78 bits per heavy atom. The van der Waals surface area contributed by atoms with Crippen molar-refractivity contribution in [3.8, 4) is 0 Å². The zero-order valence-electron chi connectivity index (χ0n) is 16.3. The molecule has 2 N–H and O–H groups in total. The monoisotopic (exact) mass is 410 g/mol. The number of carbonyl (C=O) groups excluding carboxylic acids is 1. The van der Waals surface area contributed by atoms with Gasteiger partial charge in [-0.05, 0) is 48.2 Å². The summed E-state index contributed by atoms with van der Waals surface area (Å²) in [5.41, 5.74) is 1.85. The number of hydrogen-bond donors (Lipinski definition) is 2. The van der Waals surface area contributed by atoms with Crippen LogP contribution in [0, 0.1) is 6.92 Å². The molecule has 2 aromatic rings. The fourth-order valence-electron chi connectivity index (χ4n) is 2.82. The van der Waals surface area contributed by atoms with Gasteiger partial charge in [-0.15, -0.1) is 11.3 Å². The molecule has 148 valence electrons. The number of hydrogen-bond acceptors (Lipinski definition) is 4. The minimum atomic E-state index is -3.48. The van der Waals surface area contributed by atoms with Crippen LogP contribution in [0.15, 0.2) is 40.6 Å². The lowest BCUT2D eigenvalue weighted by molar-refractivity contribution is -0.884. The number of benzene rings is 1. The van der Waals surface area contributed by atoms with Crippen molar-refractivity contribution in [2.75, 3.05) is 32.0 Å². The molecule has 1 aromatic carbocycles. The normalized spacial score (nSPS) is 12.9. The van der Waals surface area contributed by atoms with Gasteiger partial charge in [0.1, 0.15) is 6.54 Å². The third-order valence-corrected chi connectivity index (χ3v) is 7.46.